The number of sulfonamides is 1. The fourth-order valence-electron chi connectivity index (χ4n) is 4.33. The van der Waals surface area contributed by atoms with Crippen molar-refractivity contribution in [1.82, 2.24) is 19.3 Å². The van der Waals surface area contributed by atoms with Crippen LogP contribution < -0.4 is 4.72 Å². The lowest BCUT2D eigenvalue weighted by atomic mass is 9.77. The Hall–Kier alpha value is -2.76. The number of rotatable bonds is 5. The second-order valence-corrected chi connectivity index (χ2v) is 10.8. The van der Waals surface area contributed by atoms with Gasteiger partial charge < -0.3 is 4.57 Å². The van der Waals surface area contributed by atoms with Gasteiger partial charge in [0, 0.05) is 29.4 Å². The third kappa shape index (κ3) is 3.84. The molecule has 162 valence electrons. The van der Waals surface area contributed by atoms with Crippen LogP contribution in [-0.4, -0.2) is 28.5 Å². The van der Waals surface area contributed by atoms with E-state index in [1.54, 1.807) is 39.1 Å². The van der Waals surface area contributed by atoms with E-state index in [2.05, 4.69) is 32.3 Å². The van der Waals surface area contributed by atoms with Crippen LogP contribution in [0.2, 0.25) is 0 Å². The summed E-state index contributed by atoms with van der Waals surface area (Å²) in [4.78, 5) is 9.16. The molecule has 0 radical (unpaired) electrons. The van der Waals surface area contributed by atoms with Gasteiger partial charge in [0.05, 0.1) is 17.0 Å². The standard InChI is InChI=1S/C23H27N5O2S/c1-5-15-8-11-20(15)28-21(18(13-24)17-7-6-12-25-22(17)28)19-10-9-16(14-26-19)31(29,30)27-23(2,3)4/h6-7,9-10,12,14-15,20,27H,5,8,11H2,1-4H3. The van der Waals surface area contributed by atoms with Crippen LogP contribution in [0.15, 0.2) is 41.6 Å². The summed E-state index contributed by atoms with van der Waals surface area (Å²) in [5.41, 5.74) is 2.01. The summed E-state index contributed by atoms with van der Waals surface area (Å²) in [7, 11) is -3.69. The molecule has 1 fully saturated rings. The number of nitriles is 1. The van der Waals surface area contributed by atoms with Gasteiger partial charge in [-0.25, -0.2) is 18.1 Å². The van der Waals surface area contributed by atoms with Crippen LogP contribution in [-0.2, 0) is 10.0 Å². The molecule has 1 aliphatic rings. The maximum absolute atomic E-state index is 12.7. The second kappa shape index (κ2) is 7.74. The lowest BCUT2D eigenvalue weighted by Crippen LogP contribution is -2.40. The summed E-state index contributed by atoms with van der Waals surface area (Å²) < 4.78 is 30.1. The molecule has 8 heteroatoms. The summed E-state index contributed by atoms with van der Waals surface area (Å²) >= 11 is 0. The van der Waals surface area contributed by atoms with Gasteiger partial charge >= 0.3 is 0 Å². The number of aromatic nitrogens is 3. The highest BCUT2D eigenvalue weighted by molar-refractivity contribution is 7.89. The molecule has 0 spiro atoms. The van der Waals surface area contributed by atoms with Gasteiger partial charge in [-0.2, -0.15) is 5.26 Å². The van der Waals surface area contributed by atoms with E-state index in [1.807, 2.05) is 12.1 Å². The number of hydrogen-bond acceptors (Lipinski definition) is 5. The topological polar surface area (TPSA) is 101 Å². The van der Waals surface area contributed by atoms with Crippen LogP contribution >= 0.6 is 0 Å². The quantitative estimate of drug-likeness (QED) is 0.637. The van der Waals surface area contributed by atoms with Crippen LogP contribution in [0, 0.1) is 17.2 Å². The second-order valence-electron chi connectivity index (χ2n) is 9.13. The molecule has 31 heavy (non-hydrogen) atoms. The summed E-state index contributed by atoms with van der Waals surface area (Å²) in [6.07, 6.45) is 6.33. The van der Waals surface area contributed by atoms with E-state index in [9.17, 15) is 13.7 Å². The summed E-state index contributed by atoms with van der Waals surface area (Å²) in [5.74, 6) is 0.526. The zero-order valence-corrected chi connectivity index (χ0v) is 19.1. The Kier molecular flexibility index (Phi) is 5.36. The smallest absolute Gasteiger partial charge is 0.242 e. The largest absolute Gasteiger partial charge is 0.319 e. The van der Waals surface area contributed by atoms with E-state index in [-0.39, 0.29) is 10.9 Å². The van der Waals surface area contributed by atoms with Crippen molar-refractivity contribution in [2.24, 2.45) is 5.92 Å². The van der Waals surface area contributed by atoms with Crippen LogP contribution in [0.5, 0.6) is 0 Å². The molecule has 7 nitrogen and oxygen atoms in total. The van der Waals surface area contributed by atoms with Crippen molar-refractivity contribution in [1.29, 1.82) is 5.26 Å². The predicted molar refractivity (Wildman–Crippen MR) is 120 cm³/mol. The molecule has 0 saturated heterocycles. The van der Waals surface area contributed by atoms with Gasteiger partial charge in [0.2, 0.25) is 10.0 Å². The summed E-state index contributed by atoms with van der Waals surface area (Å²) in [6, 6.07) is 9.56. The molecule has 4 rings (SSSR count). The van der Waals surface area contributed by atoms with E-state index in [1.165, 1.54) is 6.20 Å². The van der Waals surface area contributed by atoms with Crippen molar-refractivity contribution in [3.05, 3.63) is 42.2 Å². The maximum Gasteiger partial charge on any atom is 0.242 e. The van der Waals surface area contributed by atoms with E-state index in [4.69, 9.17) is 0 Å². The first kappa shape index (κ1) is 21.5. The molecule has 2 atom stereocenters. The van der Waals surface area contributed by atoms with Gasteiger partial charge in [0.25, 0.3) is 0 Å². The first-order valence-electron chi connectivity index (χ1n) is 10.6. The van der Waals surface area contributed by atoms with Crippen molar-refractivity contribution in [3.63, 3.8) is 0 Å². The minimum absolute atomic E-state index is 0.0977. The van der Waals surface area contributed by atoms with Crippen molar-refractivity contribution < 1.29 is 8.42 Å². The molecule has 1 saturated carbocycles. The highest BCUT2D eigenvalue weighted by atomic mass is 32.2. The van der Waals surface area contributed by atoms with E-state index in [0.29, 0.717) is 22.9 Å². The van der Waals surface area contributed by atoms with E-state index >= 15 is 0 Å². The number of nitrogens with one attached hydrogen (secondary N) is 1. The molecular formula is C23H27N5O2S. The van der Waals surface area contributed by atoms with Crippen LogP contribution in [0.4, 0.5) is 0 Å². The Balaban J connectivity index is 1.86. The van der Waals surface area contributed by atoms with Crippen LogP contribution in [0.1, 0.15) is 58.6 Å². The summed E-state index contributed by atoms with van der Waals surface area (Å²) in [5, 5.41) is 10.8. The fourth-order valence-corrected chi connectivity index (χ4v) is 5.70. The summed E-state index contributed by atoms with van der Waals surface area (Å²) in [6.45, 7) is 7.56. The third-order valence-corrected chi connectivity index (χ3v) is 7.58. The SMILES string of the molecule is CCC1CCC1n1c(-c2ccc(S(=O)(=O)NC(C)(C)C)cn2)c(C#N)c2cccnc21. The lowest BCUT2D eigenvalue weighted by molar-refractivity contribution is 0.182. The van der Waals surface area contributed by atoms with Gasteiger partial charge in [-0.1, -0.05) is 13.3 Å². The third-order valence-electron chi connectivity index (χ3n) is 5.84. The lowest BCUT2D eigenvalue weighted by Gasteiger charge is -2.38. The Morgan fingerprint density at radius 2 is 2.00 bits per heavy atom. The number of fused-ring (bicyclic) bond motifs is 1. The molecule has 0 amide bonds. The molecule has 0 aromatic carbocycles. The Bertz CT molecular complexity index is 1260. The molecule has 3 heterocycles. The Morgan fingerprint density at radius 1 is 1.23 bits per heavy atom. The minimum Gasteiger partial charge on any atom is -0.319 e. The van der Waals surface area contributed by atoms with E-state index in [0.717, 1.165) is 30.3 Å². The zero-order valence-electron chi connectivity index (χ0n) is 18.3. The average molecular weight is 438 g/mol. The van der Waals surface area contributed by atoms with Gasteiger partial charge in [-0.3, -0.25) is 4.98 Å². The molecule has 3 aromatic heterocycles. The molecule has 3 aromatic rings. The van der Waals surface area contributed by atoms with Crippen molar-refractivity contribution in [2.45, 2.75) is 63.4 Å². The van der Waals surface area contributed by atoms with Crippen LogP contribution in [0.3, 0.4) is 0 Å². The molecule has 0 bridgehead atoms. The van der Waals surface area contributed by atoms with Gasteiger partial charge in [0.1, 0.15) is 16.6 Å². The highest BCUT2D eigenvalue weighted by Crippen LogP contribution is 2.46. The number of nitrogens with zero attached hydrogens (tertiary/aromatic N) is 4. The number of hydrogen-bond donors (Lipinski definition) is 1. The highest BCUT2D eigenvalue weighted by Gasteiger charge is 2.35. The molecule has 1 N–H and O–H groups in total. The molecular weight excluding hydrogens is 410 g/mol. The Morgan fingerprint density at radius 3 is 2.55 bits per heavy atom. The first-order chi connectivity index (χ1) is 14.7. The van der Waals surface area contributed by atoms with Crippen LogP contribution in [0.25, 0.3) is 22.4 Å². The average Bonchev–Trinajstić information content (AvgIpc) is 3.00. The maximum atomic E-state index is 12.7. The molecule has 0 aliphatic heterocycles. The van der Waals surface area contributed by atoms with Crippen molar-refractivity contribution in [2.75, 3.05) is 0 Å². The predicted octanol–water partition coefficient (Wildman–Crippen LogP) is 4.41. The van der Waals surface area contributed by atoms with Gasteiger partial charge in [-0.05, 0) is 63.8 Å². The first-order valence-corrected chi connectivity index (χ1v) is 12.0. The van der Waals surface area contributed by atoms with Crippen molar-refractivity contribution >= 4 is 21.1 Å². The fraction of sp³-hybridized carbons (Fsp3) is 0.435. The van der Waals surface area contributed by atoms with Gasteiger partial charge in [-0.15, -0.1) is 0 Å². The molecule has 2 unspecified atom stereocenters. The number of pyridine rings is 2. The normalized spacial score (nSPS) is 19.2. The van der Waals surface area contributed by atoms with E-state index < -0.39 is 15.6 Å². The zero-order chi connectivity index (χ0) is 22.4. The molecule has 1 aliphatic carbocycles. The minimum atomic E-state index is -3.69. The van der Waals surface area contributed by atoms with Crippen molar-refractivity contribution in [3.8, 4) is 17.5 Å². The monoisotopic (exact) mass is 437 g/mol. The van der Waals surface area contributed by atoms with Gasteiger partial charge in [0.15, 0.2) is 0 Å². The Labute approximate surface area is 183 Å².